The molecule has 0 saturated heterocycles. The molecule has 1 N–H and O–H groups in total. The highest BCUT2D eigenvalue weighted by Crippen LogP contribution is 2.30. The predicted octanol–water partition coefficient (Wildman–Crippen LogP) is 6.06. The van der Waals surface area contributed by atoms with E-state index in [1.807, 2.05) is 52.1 Å². The van der Waals surface area contributed by atoms with Crippen LogP contribution in [0.5, 0.6) is 0 Å². The number of ketones is 1. The van der Waals surface area contributed by atoms with Crippen molar-refractivity contribution in [2.24, 2.45) is 5.10 Å². The van der Waals surface area contributed by atoms with E-state index in [9.17, 15) is 4.79 Å². The van der Waals surface area contributed by atoms with Crippen molar-refractivity contribution in [2.45, 2.75) is 58.0 Å². The van der Waals surface area contributed by atoms with Crippen LogP contribution in [-0.2, 0) is 10.2 Å². The van der Waals surface area contributed by atoms with E-state index >= 15 is 0 Å². The van der Waals surface area contributed by atoms with Gasteiger partial charge in [0.1, 0.15) is 0 Å². The lowest BCUT2D eigenvalue weighted by atomic mass is 9.78. The zero-order valence-corrected chi connectivity index (χ0v) is 20.5. The summed E-state index contributed by atoms with van der Waals surface area (Å²) in [6, 6.07) is 7.43. The Morgan fingerprint density at radius 1 is 1.23 bits per heavy atom. The molecule has 0 aromatic heterocycles. The number of hydrogen-bond acceptors (Lipinski definition) is 4. The zero-order valence-electron chi connectivity index (χ0n) is 19.7. The van der Waals surface area contributed by atoms with Gasteiger partial charge in [0.05, 0.1) is 11.0 Å². The van der Waals surface area contributed by atoms with Crippen molar-refractivity contribution in [3.8, 4) is 0 Å². The number of rotatable bonds is 12. The van der Waals surface area contributed by atoms with Crippen LogP contribution in [-0.4, -0.2) is 36.1 Å². The van der Waals surface area contributed by atoms with Crippen LogP contribution in [0.3, 0.4) is 0 Å². The Labute approximate surface area is 193 Å². The van der Waals surface area contributed by atoms with Crippen LogP contribution in [0.25, 0.3) is 0 Å². The van der Waals surface area contributed by atoms with Crippen LogP contribution in [0.4, 0.5) is 0 Å². The Balaban J connectivity index is 3.18. The molecule has 31 heavy (non-hydrogen) atoms. The first-order valence-corrected chi connectivity index (χ1v) is 10.7. The number of nitrogens with zero attached hydrogens (tertiary/aromatic N) is 2. The van der Waals surface area contributed by atoms with Gasteiger partial charge < -0.3 is 5.32 Å². The minimum Gasteiger partial charge on any atom is -0.313 e. The summed E-state index contributed by atoms with van der Waals surface area (Å²) in [5.41, 5.74) is 1.44. The lowest BCUT2D eigenvalue weighted by Gasteiger charge is -2.37. The molecule has 0 aliphatic rings. The maximum absolute atomic E-state index is 13.3. The van der Waals surface area contributed by atoms with E-state index in [-0.39, 0.29) is 11.8 Å². The Morgan fingerprint density at radius 2 is 1.81 bits per heavy atom. The van der Waals surface area contributed by atoms with Crippen molar-refractivity contribution < 1.29 is 4.79 Å². The molecule has 1 unspecified atom stereocenters. The molecule has 4 nitrogen and oxygen atoms in total. The second kappa shape index (κ2) is 11.3. The Bertz CT molecular complexity index is 863. The monoisotopic (exact) mass is 441 g/mol. The molecule has 1 rings (SSSR count). The Kier molecular flexibility index (Phi) is 9.67. The van der Waals surface area contributed by atoms with Crippen molar-refractivity contribution in [1.82, 2.24) is 10.3 Å². The lowest BCUT2D eigenvalue weighted by molar-refractivity contribution is -0.119. The molecule has 168 valence electrons. The lowest BCUT2D eigenvalue weighted by Crippen LogP contribution is -2.44. The number of halogens is 1. The first kappa shape index (κ1) is 26.6. The molecule has 0 bridgehead atoms. The summed E-state index contributed by atoms with van der Waals surface area (Å²) < 4.78 is 0. The van der Waals surface area contributed by atoms with E-state index in [0.29, 0.717) is 17.0 Å². The quantitative estimate of drug-likeness (QED) is 0.185. The van der Waals surface area contributed by atoms with Crippen LogP contribution < -0.4 is 5.32 Å². The summed E-state index contributed by atoms with van der Waals surface area (Å²) in [6.45, 7) is 21.2. The molecule has 0 aliphatic heterocycles. The van der Waals surface area contributed by atoms with E-state index in [4.69, 9.17) is 11.6 Å². The van der Waals surface area contributed by atoms with Gasteiger partial charge in [-0.15, -0.1) is 0 Å². The van der Waals surface area contributed by atoms with Gasteiger partial charge in [-0.1, -0.05) is 55.1 Å². The van der Waals surface area contributed by atoms with E-state index in [0.717, 1.165) is 11.1 Å². The molecule has 0 fully saturated rings. The van der Waals surface area contributed by atoms with Gasteiger partial charge in [0, 0.05) is 29.6 Å². The van der Waals surface area contributed by atoms with Crippen molar-refractivity contribution in [3.63, 3.8) is 0 Å². The highest BCUT2D eigenvalue weighted by atomic mass is 35.5. The number of carbonyl (C=O) groups is 1. The zero-order chi connectivity index (χ0) is 23.8. The van der Waals surface area contributed by atoms with Crippen LogP contribution in [0, 0.1) is 0 Å². The molecular formula is C26H36ClN3O. The fraction of sp³-hybridized carbons (Fsp3) is 0.385. The summed E-state index contributed by atoms with van der Waals surface area (Å²) in [5, 5.41) is 9.94. The summed E-state index contributed by atoms with van der Waals surface area (Å²) in [5.74, 6) is 0.0165. The largest absolute Gasteiger partial charge is 0.313 e. The Morgan fingerprint density at radius 3 is 2.26 bits per heavy atom. The SMILES string of the molecule is C=C/C=C(\C=C)C(CC(C)(C)N(/C=C(\C)C(=O)C(C)(C)c1ccc(Cl)cc1)N=C)NC. The van der Waals surface area contributed by atoms with E-state index < -0.39 is 11.0 Å². The standard InChI is InChI=1S/C26H36ClN3O/c1-10-12-20(11-2)23(28-8)17-25(4,5)30(29-9)18-19(3)24(31)26(6,7)21-13-15-22(27)16-14-21/h10-16,18,23,28H,1-2,9,17H2,3-8H3/b19-18+,20-12+. The minimum absolute atomic E-state index is 0.0165. The van der Waals surface area contributed by atoms with Crippen LogP contribution in [0.2, 0.25) is 5.02 Å². The molecule has 1 atom stereocenters. The smallest absolute Gasteiger partial charge is 0.170 e. The number of nitrogens with one attached hydrogen (secondary N) is 1. The molecule has 5 heteroatoms. The van der Waals surface area contributed by atoms with Gasteiger partial charge in [0.15, 0.2) is 5.78 Å². The normalized spacial score (nSPS) is 14.0. The minimum atomic E-state index is -0.696. The van der Waals surface area contributed by atoms with Gasteiger partial charge in [-0.05, 0) is 71.4 Å². The number of benzene rings is 1. The highest BCUT2D eigenvalue weighted by molar-refractivity contribution is 6.30. The molecule has 0 amide bonds. The Hall–Kier alpha value is -2.43. The summed E-state index contributed by atoms with van der Waals surface area (Å²) >= 11 is 6.00. The molecule has 1 aromatic rings. The molecule has 1 aromatic carbocycles. The number of likely N-dealkylation sites (N-methyl/N-ethyl adjacent to an activating group) is 1. The third-order valence-corrected chi connectivity index (χ3v) is 5.83. The predicted molar refractivity (Wildman–Crippen MR) is 135 cm³/mol. The number of hydrogen-bond donors (Lipinski definition) is 1. The first-order valence-electron chi connectivity index (χ1n) is 10.3. The average molecular weight is 442 g/mol. The van der Waals surface area contributed by atoms with Gasteiger partial charge in [0.2, 0.25) is 0 Å². The number of Topliss-reactive ketones (excluding diaryl/α,β-unsaturated/α-hetero) is 1. The first-order chi connectivity index (χ1) is 14.4. The summed E-state index contributed by atoms with van der Waals surface area (Å²) in [4.78, 5) is 13.3. The number of hydrazone groups is 1. The second-order valence-electron chi connectivity index (χ2n) is 8.72. The second-order valence-corrected chi connectivity index (χ2v) is 9.16. The van der Waals surface area contributed by atoms with Crippen molar-refractivity contribution in [3.05, 3.63) is 83.6 Å². The number of carbonyl (C=O) groups excluding carboxylic acids is 1. The van der Waals surface area contributed by atoms with Gasteiger partial charge in [-0.25, -0.2) is 0 Å². The fourth-order valence-corrected chi connectivity index (χ4v) is 3.71. The molecule has 0 heterocycles. The fourth-order valence-electron chi connectivity index (χ4n) is 3.58. The maximum Gasteiger partial charge on any atom is 0.170 e. The van der Waals surface area contributed by atoms with Crippen LogP contribution in [0.1, 0.15) is 46.6 Å². The van der Waals surface area contributed by atoms with E-state index in [1.54, 1.807) is 29.4 Å². The topological polar surface area (TPSA) is 44.7 Å². The highest BCUT2D eigenvalue weighted by Gasteiger charge is 2.33. The average Bonchev–Trinajstić information content (AvgIpc) is 2.73. The van der Waals surface area contributed by atoms with Crippen LogP contribution >= 0.6 is 11.6 Å². The molecule has 0 radical (unpaired) electrons. The molecule has 0 saturated carbocycles. The van der Waals surface area contributed by atoms with Gasteiger partial charge in [-0.3, -0.25) is 9.80 Å². The molecule has 0 aliphatic carbocycles. The molecular weight excluding hydrogens is 406 g/mol. The van der Waals surface area contributed by atoms with Crippen molar-refractivity contribution >= 4 is 24.1 Å². The van der Waals surface area contributed by atoms with E-state index in [2.05, 4.69) is 44.1 Å². The van der Waals surface area contributed by atoms with Gasteiger partial charge in [-0.2, -0.15) is 5.10 Å². The third-order valence-electron chi connectivity index (χ3n) is 5.58. The summed E-state index contributed by atoms with van der Waals surface area (Å²) in [6.07, 6.45) is 8.01. The number of allylic oxidation sites excluding steroid dienone is 3. The van der Waals surface area contributed by atoms with Crippen molar-refractivity contribution in [1.29, 1.82) is 0 Å². The van der Waals surface area contributed by atoms with Crippen molar-refractivity contribution in [2.75, 3.05) is 7.05 Å². The third kappa shape index (κ3) is 6.78. The molecule has 0 spiro atoms. The maximum atomic E-state index is 13.3. The van der Waals surface area contributed by atoms with Gasteiger partial charge >= 0.3 is 0 Å². The summed E-state index contributed by atoms with van der Waals surface area (Å²) in [7, 11) is 1.91. The van der Waals surface area contributed by atoms with Crippen LogP contribution in [0.15, 0.2) is 78.1 Å². The van der Waals surface area contributed by atoms with E-state index in [1.165, 1.54) is 0 Å². The van der Waals surface area contributed by atoms with Gasteiger partial charge in [0.25, 0.3) is 0 Å².